The van der Waals surface area contributed by atoms with Crippen molar-refractivity contribution < 1.29 is 23.4 Å². The Morgan fingerprint density at radius 1 is 1.21 bits per heavy atom. The van der Waals surface area contributed by atoms with Gasteiger partial charge in [0.2, 0.25) is 5.95 Å². The number of alkyl halides is 3. The van der Waals surface area contributed by atoms with Gasteiger partial charge in [-0.25, -0.2) is 14.6 Å². The summed E-state index contributed by atoms with van der Waals surface area (Å²) in [6.07, 6.45) is -1.93. The van der Waals surface area contributed by atoms with Crippen LogP contribution in [0.25, 0.3) is 11.3 Å². The molecular formula is C18H19F3N6O2. The predicted molar refractivity (Wildman–Crippen MR) is 98.2 cm³/mol. The van der Waals surface area contributed by atoms with Gasteiger partial charge < -0.3 is 15.5 Å². The fourth-order valence-corrected chi connectivity index (χ4v) is 2.62. The van der Waals surface area contributed by atoms with Gasteiger partial charge in [-0.1, -0.05) is 5.21 Å². The van der Waals surface area contributed by atoms with Gasteiger partial charge in [0.15, 0.2) is 0 Å². The topological polar surface area (TPSA) is 109 Å². The number of aliphatic hydroxyl groups excluding tert-OH is 1. The molecule has 0 spiro atoms. The third-order valence-electron chi connectivity index (χ3n) is 3.96. The molecule has 0 aliphatic rings. The molecule has 3 aromatic rings. The Balaban J connectivity index is 1.85. The number of nitrogens with one attached hydrogen (secondary N) is 1. The number of rotatable bonds is 6. The number of aromatic nitrogens is 5. The van der Waals surface area contributed by atoms with E-state index in [1.807, 2.05) is 13.0 Å². The normalized spacial score (nSPS) is 13.9. The smallest absolute Gasteiger partial charge is 0.393 e. The number of hydrogen-bond acceptors (Lipinski definition) is 7. The maximum atomic E-state index is 12.8. The zero-order valence-electron chi connectivity index (χ0n) is 15.6. The van der Waals surface area contributed by atoms with E-state index in [4.69, 9.17) is 5.11 Å². The standard InChI is InChI=1S/C18H19F3N6O2/c1-11-5-12(14-8-27(26-25-14)9-17(2,29)10-28)7-13(6-11)23-16-22-4-3-15(24-16)18(19,20)21/h3-8,28-29H,9-10H2,1-2H3,(H,22,23,24). The zero-order chi connectivity index (χ0) is 21.2. The van der Waals surface area contributed by atoms with E-state index in [2.05, 4.69) is 25.6 Å². The van der Waals surface area contributed by atoms with Gasteiger partial charge in [0.05, 0.1) is 19.3 Å². The summed E-state index contributed by atoms with van der Waals surface area (Å²) >= 11 is 0. The van der Waals surface area contributed by atoms with Gasteiger partial charge in [0, 0.05) is 17.4 Å². The Kier molecular flexibility index (Phi) is 5.53. The van der Waals surface area contributed by atoms with Crippen LogP contribution in [0.15, 0.2) is 36.7 Å². The van der Waals surface area contributed by atoms with Crippen LogP contribution in [0.4, 0.5) is 24.8 Å². The first-order valence-electron chi connectivity index (χ1n) is 8.58. The van der Waals surface area contributed by atoms with Crippen molar-refractivity contribution in [1.29, 1.82) is 0 Å². The van der Waals surface area contributed by atoms with E-state index in [1.165, 1.54) is 11.6 Å². The van der Waals surface area contributed by atoms with Crippen LogP contribution < -0.4 is 5.32 Å². The molecule has 154 valence electrons. The van der Waals surface area contributed by atoms with E-state index in [9.17, 15) is 18.3 Å². The molecule has 0 saturated heterocycles. The van der Waals surface area contributed by atoms with Crippen molar-refractivity contribution in [3.8, 4) is 11.3 Å². The van der Waals surface area contributed by atoms with Crippen LogP contribution in [0.1, 0.15) is 18.2 Å². The number of halogens is 3. The van der Waals surface area contributed by atoms with Crippen LogP contribution in [0.3, 0.4) is 0 Å². The molecule has 1 atom stereocenters. The highest BCUT2D eigenvalue weighted by molar-refractivity contribution is 5.68. The van der Waals surface area contributed by atoms with Crippen molar-refractivity contribution in [2.45, 2.75) is 32.2 Å². The van der Waals surface area contributed by atoms with E-state index < -0.39 is 24.1 Å². The molecule has 0 saturated carbocycles. The van der Waals surface area contributed by atoms with Crippen LogP contribution >= 0.6 is 0 Å². The van der Waals surface area contributed by atoms with Gasteiger partial charge in [0.25, 0.3) is 0 Å². The largest absolute Gasteiger partial charge is 0.433 e. The fourth-order valence-electron chi connectivity index (χ4n) is 2.62. The molecule has 3 rings (SSSR count). The first-order valence-corrected chi connectivity index (χ1v) is 8.58. The Hall–Kier alpha value is -3.05. The van der Waals surface area contributed by atoms with Crippen molar-refractivity contribution >= 4 is 11.6 Å². The van der Waals surface area contributed by atoms with E-state index >= 15 is 0 Å². The summed E-state index contributed by atoms with van der Waals surface area (Å²) in [7, 11) is 0. The van der Waals surface area contributed by atoms with Crippen molar-refractivity contribution in [3.63, 3.8) is 0 Å². The SMILES string of the molecule is Cc1cc(Nc2nccc(C(F)(F)F)n2)cc(-c2cn(CC(C)(O)CO)nn2)c1. The van der Waals surface area contributed by atoms with Crippen LogP contribution in [0, 0.1) is 6.92 Å². The summed E-state index contributed by atoms with van der Waals surface area (Å²) in [5.41, 5.74) is 0.0854. The maximum Gasteiger partial charge on any atom is 0.433 e. The zero-order valence-corrected chi connectivity index (χ0v) is 15.6. The summed E-state index contributed by atoms with van der Waals surface area (Å²) in [6.45, 7) is 2.91. The third kappa shape index (κ3) is 5.27. The van der Waals surface area contributed by atoms with Gasteiger partial charge in [-0.05, 0) is 43.7 Å². The first kappa shape index (κ1) is 20.7. The molecular weight excluding hydrogens is 389 g/mol. The van der Waals surface area contributed by atoms with Gasteiger partial charge in [-0.2, -0.15) is 13.2 Å². The lowest BCUT2D eigenvalue weighted by atomic mass is 10.1. The average Bonchev–Trinajstić information content (AvgIpc) is 3.08. The Bertz CT molecular complexity index is 1000. The average molecular weight is 408 g/mol. The summed E-state index contributed by atoms with van der Waals surface area (Å²) in [6, 6.07) is 6.03. The number of nitrogens with zero attached hydrogens (tertiary/aromatic N) is 5. The van der Waals surface area contributed by atoms with E-state index in [0.29, 0.717) is 16.9 Å². The minimum absolute atomic E-state index is 0.0471. The van der Waals surface area contributed by atoms with Gasteiger partial charge in [-0.15, -0.1) is 5.10 Å². The second-order valence-electron chi connectivity index (χ2n) is 6.93. The number of benzene rings is 1. The van der Waals surface area contributed by atoms with Crippen molar-refractivity contribution in [2.75, 3.05) is 11.9 Å². The lowest BCUT2D eigenvalue weighted by molar-refractivity contribution is -0.141. The highest BCUT2D eigenvalue weighted by atomic mass is 19.4. The molecule has 2 aromatic heterocycles. The second-order valence-corrected chi connectivity index (χ2v) is 6.93. The summed E-state index contributed by atoms with van der Waals surface area (Å²) in [5, 5.41) is 29.9. The first-order chi connectivity index (χ1) is 13.6. The van der Waals surface area contributed by atoms with Crippen molar-refractivity contribution in [2.24, 2.45) is 0 Å². The Morgan fingerprint density at radius 3 is 2.66 bits per heavy atom. The Morgan fingerprint density at radius 2 is 1.97 bits per heavy atom. The lowest BCUT2D eigenvalue weighted by Gasteiger charge is -2.19. The van der Waals surface area contributed by atoms with E-state index in [1.54, 1.807) is 18.3 Å². The summed E-state index contributed by atoms with van der Waals surface area (Å²) in [4.78, 5) is 7.32. The predicted octanol–water partition coefficient (Wildman–Crippen LogP) is 2.55. The second kappa shape index (κ2) is 7.76. The third-order valence-corrected chi connectivity index (χ3v) is 3.96. The molecule has 0 aliphatic carbocycles. The summed E-state index contributed by atoms with van der Waals surface area (Å²) < 4.78 is 39.9. The monoisotopic (exact) mass is 408 g/mol. The molecule has 0 aliphatic heterocycles. The molecule has 2 heterocycles. The number of anilines is 2. The quantitative estimate of drug-likeness (QED) is 0.575. The van der Waals surface area contributed by atoms with Crippen LogP contribution in [0.2, 0.25) is 0 Å². The molecule has 0 amide bonds. The number of hydrogen-bond donors (Lipinski definition) is 3. The van der Waals surface area contributed by atoms with Crippen LogP contribution in [0.5, 0.6) is 0 Å². The van der Waals surface area contributed by atoms with Gasteiger partial charge in [0.1, 0.15) is 17.0 Å². The van der Waals surface area contributed by atoms with Crippen LogP contribution in [-0.2, 0) is 12.7 Å². The van der Waals surface area contributed by atoms with E-state index in [0.717, 1.165) is 17.8 Å². The minimum Gasteiger partial charge on any atom is -0.393 e. The molecule has 1 aromatic carbocycles. The minimum atomic E-state index is -4.56. The van der Waals surface area contributed by atoms with Gasteiger partial charge >= 0.3 is 6.18 Å². The van der Waals surface area contributed by atoms with Gasteiger partial charge in [-0.3, -0.25) is 0 Å². The molecule has 29 heavy (non-hydrogen) atoms. The highest BCUT2D eigenvalue weighted by Gasteiger charge is 2.32. The van der Waals surface area contributed by atoms with E-state index in [-0.39, 0.29) is 12.5 Å². The molecule has 11 heteroatoms. The molecule has 0 bridgehead atoms. The molecule has 1 unspecified atom stereocenters. The molecule has 0 radical (unpaired) electrons. The van der Waals surface area contributed by atoms with Crippen molar-refractivity contribution in [3.05, 3.63) is 47.9 Å². The molecule has 3 N–H and O–H groups in total. The molecule has 8 nitrogen and oxygen atoms in total. The summed E-state index contributed by atoms with van der Waals surface area (Å²) in [5.74, 6) is -0.181. The number of aliphatic hydroxyl groups is 2. The maximum absolute atomic E-state index is 12.8. The lowest BCUT2D eigenvalue weighted by Crippen LogP contribution is -2.34. The molecule has 0 fully saturated rings. The van der Waals surface area contributed by atoms with Crippen LogP contribution in [-0.4, -0.2) is 47.4 Å². The van der Waals surface area contributed by atoms with Crippen molar-refractivity contribution in [1.82, 2.24) is 25.0 Å². The Labute approximate surface area is 164 Å². The number of aryl methyl sites for hydroxylation is 1. The fraction of sp³-hybridized carbons (Fsp3) is 0.333. The highest BCUT2D eigenvalue weighted by Crippen LogP contribution is 2.29.